The summed E-state index contributed by atoms with van der Waals surface area (Å²) in [5, 5.41) is 0.440. The van der Waals surface area contributed by atoms with Crippen molar-refractivity contribution in [3.8, 4) is 0 Å². The van der Waals surface area contributed by atoms with Crippen LogP contribution in [0.1, 0.15) is 43.0 Å². The average molecular weight is 245 g/mol. The fourth-order valence-corrected chi connectivity index (χ4v) is 3.03. The summed E-state index contributed by atoms with van der Waals surface area (Å²) >= 11 is 0. The third-order valence-electron chi connectivity index (χ3n) is 4.15. The molecule has 0 unspecified atom stereocenters. The van der Waals surface area contributed by atoms with Crippen LogP contribution in [-0.2, 0) is 0 Å². The third kappa shape index (κ3) is 1.57. The fraction of sp³-hybridized carbons (Fsp3) is 0.400. The van der Waals surface area contributed by atoms with Gasteiger partial charge < -0.3 is 4.98 Å². The van der Waals surface area contributed by atoms with Crippen molar-refractivity contribution in [3.05, 3.63) is 35.8 Å². The summed E-state index contributed by atoms with van der Waals surface area (Å²) in [5.41, 5.74) is 0.893. The Morgan fingerprint density at radius 3 is 2.78 bits per heavy atom. The number of fused-ring (bicyclic) bond motifs is 1. The zero-order chi connectivity index (χ0) is 12.8. The van der Waals surface area contributed by atoms with Crippen molar-refractivity contribution in [2.75, 3.05) is 0 Å². The largest absolute Gasteiger partial charge is 0.360 e. The summed E-state index contributed by atoms with van der Waals surface area (Å²) < 4.78 is 13.9. The number of benzene rings is 1. The summed E-state index contributed by atoms with van der Waals surface area (Å²) in [6.45, 7) is 2.00. The molecule has 1 saturated carbocycles. The van der Waals surface area contributed by atoms with Crippen molar-refractivity contribution in [1.82, 2.24) is 4.98 Å². The molecule has 0 radical (unpaired) electrons. The molecule has 1 aromatic heterocycles. The van der Waals surface area contributed by atoms with Gasteiger partial charge in [0.2, 0.25) is 0 Å². The Bertz CT molecular complexity index is 608. The Labute approximate surface area is 105 Å². The van der Waals surface area contributed by atoms with Crippen molar-refractivity contribution >= 4 is 16.7 Å². The maximum atomic E-state index is 13.9. The van der Waals surface area contributed by atoms with Crippen LogP contribution in [-0.4, -0.2) is 10.8 Å². The molecule has 1 aromatic carbocycles. The second-order valence-electron chi connectivity index (χ2n) is 5.46. The summed E-state index contributed by atoms with van der Waals surface area (Å²) in [6.07, 6.45) is 5.65. The molecule has 1 N–H and O–H groups in total. The normalized spacial score (nSPS) is 18.3. The van der Waals surface area contributed by atoms with E-state index in [-0.39, 0.29) is 17.0 Å². The highest BCUT2D eigenvalue weighted by Crippen LogP contribution is 2.41. The number of carbonyl (C=O) groups is 1. The SMILES string of the molecule is CC1(C(=O)c2c[nH]c3cccc(F)c23)CCCC1. The Kier molecular flexibility index (Phi) is 2.51. The maximum Gasteiger partial charge on any atom is 0.170 e. The Balaban J connectivity index is 2.12. The number of carbonyl (C=O) groups excluding carboxylic acids is 1. The number of ketones is 1. The molecule has 2 aromatic rings. The first kappa shape index (κ1) is 11.5. The van der Waals surface area contributed by atoms with Crippen molar-refractivity contribution in [2.24, 2.45) is 5.41 Å². The van der Waals surface area contributed by atoms with Crippen LogP contribution in [0.15, 0.2) is 24.4 Å². The molecule has 1 aliphatic carbocycles. The molecule has 0 spiro atoms. The first-order valence-electron chi connectivity index (χ1n) is 6.42. The van der Waals surface area contributed by atoms with Gasteiger partial charge in [-0.05, 0) is 25.0 Å². The topological polar surface area (TPSA) is 32.9 Å². The van der Waals surface area contributed by atoms with Gasteiger partial charge in [0.25, 0.3) is 0 Å². The first-order chi connectivity index (χ1) is 8.62. The van der Waals surface area contributed by atoms with Crippen LogP contribution in [0.5, 0.6) is 0 Å². The van der Waals surface area contributed by atoms with Gasteiger partial charge in [-0.25, -0.2) is 4.39 Å². The van der Waals surface area contributed by atoms with Gasteiger partial charge in [-0.15, -0.1) is 0 Å². The van der Waals surface area contributed by atoms with Crippen LogP contribution < -0.4 is 0 Å². The molecule has 0 atom stereocenters. The van der Waals surface area contributed by atoms with Crippen molar-refractivity contribution in [1.29, 1.82) is 0 Å². The molecule has 0 amide bonds. The third-order valence-corrected chi connectivity index (χ3v) is 4.15. The summed E-state index contributed by atoms with van der Waals surface area (Å²) in [6, 6.07) is 4.86. The Morgan fingerprint density at radius 2 is 2.06 bits per heavy atom. The van der Waals surface area contributed by atoms with E-state index in [9.17, 15) is 9.18 Å². The minimum Gasteiger partial charge on any atom is -0.360 e. The molecule has 1 fully saturated rings. The van der Waals surface area contributed by atoms with Crippen LogP contribution in [0.3, 0.4) is 0 Å². The van der Waals surface area contributed by atoms with E-state index >= 15 is 0 Å². The van der Waals surface area contributed by atoms with Gasteiger partial charge in [-0.3, -0.25) is 4.79 Å². The van der Waals surface area contributed by atoms with E-state index in [0.29, 0.717) is 16.5 Å². The Hall–Kier alpha value is -1.64. The minimum atomic E-state index is -0.321. The quantitative estimate of drug-likeness (QED) is 0.795. The highest BCUT2D eigenvalue weighted by molar-refractivity contribution is 6.10. The van der Waals surface area contributed by atoms with Crippen LogP contribution in [0.2, 0.25) is 0 Å². The van der Waals surface area contributed by atoms with Crippen LogP contribution >= 0.6 is 0 Å². The van der Waals surface area contributed by atoms with Gasteiger partial charge in [0.05, 0.1) is 0 Å². The lowest BCUT2D eigenvalue weighted by Crippen LogP contribution is -2.24. The van der Waals surface area contributed by atoms with E-state index in [1.807, 2.05) is 6.92 Å². The van der Waals surface area contributed by atoms with Crippen molar-refractivity contribution < 1.29 is 9.18 Å². The van der Waals surface area contributed by atoms with E-state index in [0.717, 1.165) is 25.7 Å². The van der Waals surface area contributed by atoms with Gasteiger partial charge in [0, 0.05) is 28.1 Å². The molecule has 3 heteroatoms. The first-order valence-corrected chi connectivity index (χ1v) is 6.42. The standard InChI is InChI=1S/C15H16FNO/c1-15(7-2-3-8-15)14(18)10-9-17-12-6-4-5-11(16)13(10)12/h4-6,9,17H,2-3,7-8H2,1H3. The lowest BCUT2D eigenvalue weighted by molar-refractivity contribution is 0.0825. The molecule has 0 saturated heterocycles. The Morgan fingerprint density at radius 1 is 1.33 bits per heavy atom. The van der Waals surface area contributed by atoms with Gasteiger partial charge >= 0.3 is 0 Å². The number of Topliss-reactive ketones (excluding diaryl/α,β-unsaturated/α-hetero) is 1. The van der Waals surface area contributed by atoms with Crippen LogP contribution in [0.25, 0.3) is 10.9 Å². The summed E-state index contributed by atoms with van der Waals surface area (Å²) in [5.74, 6) is -0.241. The summed E-state index contributed by atoms with van der Waals surface area (Å²) in [4.78, 5) is 15.6. The minimum absolute atomic E-state index is 0.0800. The molecule has 2 nitrogen and oxygen atoms in total. The fourth-order valence-electron chi connectivity index (χ4n) is 3.03. The average Bonchev–Trinajstić information content (AvgIpc) is 2.96. The molecule has 0 bridgehead atoms. The van der Waals surface area contributed by atoms with Gasteiger partial charge in [-0.2, -0.15) is 0 Å². The van der Waals surface area contributed by atoms with Gasteiger partial charge in [0.1, 0.15) is 5.82 Å². The number of rotatable bonds is 2. The van der Waals surface area contributed by atoms with Crippen molar-refractivity contribution in [2.45, 2.75) is 32.6 Å². The zero-order valence-electron chi connectivity index (χ0n) is 10.4. The van der Waals surface area contributed by atoms with Gasteiger partial charge in [0.15, 0.2) is 5.78 Å². The number of hydrogen-bond acceptors (Lipinski definition) is 1. The maximum absolute atomic E-state index is 13.9. The highest BCUT2D eigenvalue weighted by atomic mass is 19.1. The number of aromatic amines is 1. The van der Waals surface area contributed by atoms with Crippen LogP contribution in [0.4, 0.5) is 4.39 Å². The van der Waals surface area contributed by atoms with Crippen molar-refractivity contribution in [3.63, 3.8) is 0 Å². The molecule has 1 heterocycles. The molecule has 1 aliphatic rings. The van der Waals surface area contributed by atoms with E-state index in [2.05, 4.69) is 4.98 Å². The lowest BCUT2D eigenvalue weighted by Gasteiger charge is -2.21. The molecule has 94 valence electrons. The van der Waals surface area contributed by atoms with E-state index in [4.69, 9.17) is 0 Å². The molecule has 0 aliphatic heterocycles. The number of H-pyrrole nitrogens is 1. The number of halogens is 1. The van der Waals surface area contributed by atoms with E-state index in [1.165, 1.54) is 6.07 Å². The molecular weight excluding hydrogens is 229 g/mol. The second-order valence-corrected chi connectivity index (χ2v) is 5.46. The van der Waals surface area contributed by atoms with Gasteiger partial charge in [-0.1, -0.05) is 25.8 Å². The molecular formula is C15H16FNO. The zero-order valence-corrected chi connectivity index (χ0v) is 10.4. The number of nitrogens with one attached hydrogen (secondary N) is 1. The smallest absolute Gasteiger partial charge is 0.170 e. The lowest BCUT2D eigenvalue weighted by atomic mass is 9.81. The highest BCUT2D eigenvalue weighted by Gasteiger charge is 2.37. The second kappa shape index (κ2) is 3.94. The summed E-state index contributed by atoms with van der Waals surface area (Å²) in [7, 11) is 0. The van der Waals surface area contributed by atoms with Crippen LogP contribution in [0, 0.1) is 11.2 Å². The van der Waals surface area contributed by atoms with E-state index < -0.39 is 0 Å². The number of hydrogen-bond donors (Lipinski definition) is 1. The van der Waals surface area contributed by atoms with E-state index in [1.54, 1.807) is 18.3 Å². The predicted molar refractivity (Wildman–Crippen MR) is 69.2 cm³/mol. The predicted octanol–water partition coefficient (Wildman–Crippen LogP) is 4.07. The molecule has 18 heavy (non-hydrogen) atoms. The number of aromatic nitrogens is 1. The molecule has 3 rings (SSSR count). The monoisotopic (exact) mass is 245 g/mol.